The van der Waals surface area contributed by atoms with E-state index >= 15 is 0 Å². The van der Waals surface area contributed by atoms with Crippen molar-refractivity contribution >= 4 is 35.0 Å². The number of nitrogens with zero attached hydrogens (tertiary/aromatic N) is 4. The summed E-state index contributed by atoms with van der Waals surface area (Å²) in [6.45, 7) is 2.81. The number of likely N-dealkylation sites (N-methyl/N-ethyl adjacent to an activating group) is 1. The maximum Gasteiger partial charge on any atom is 0.251 e. The van der Waals surface area contributed by atoms with Crippen molar-refractivity contribution in [2.75, 3.05) is 42.5 Å². The van der Waals surface area contributed by atoms with Crippen molar-refractivity contribution in [3.05, 3.63) is 30.0 Å². The second-order valence-corrected chi connectivity index (χ2v) is 10.7. The zero-order valence-electron chi connectivity index (χ0n) is 23.2. The monoisotopic (exact) mass is 536 g/mol. The normalized spacial score (nSPS) is 19.9. The fourth-order valence-corrected chi connectivity index (χ4v) is 6.02. The third-order valence-corrected chi connectivity index (χ3v) is 8.14. The van der Waals surface area contributed by atoms with E-state index in [4.69, 9.17) is 14.5 Å². The first-order chi connectivity index (χ1) is 19.0. The van der Waals surface area contributed by atoms with Gasteiger partial charge in [0.1, 0.15) is 24.1 Å². The number of carbonyl (C=O) groups is 2. The molecule has 2 N–H and O–H groups in total. The molecule has 2 fully saturated rings. The molecule has 0 spiro atoms. The summed E-state index contributed by atoms with van der Waals surface area (Å²) in [5, 5.41) is 6.45. The highest BCUT2D eigenvalue weighted by Crippen LogP contribution is 2.40. The molecule has 2 aromatic rings. The number of anilines is 4. The summed E-state index contributed by atoms with van der Waals surface area (Å²) in [6.07, 6.45) is 11.2. The Morgan fingerprint density at radius 1 is 1.10 bits per heavy atom. The van der Waals surface area contributed by atoms with Crippen LogP contribution in [0.25, 0.3) is 0 Å². The van der Waals surface area contributed by atoms with Crippen molar-refractivity contribution in [2.45, 2.75) is 82.8 Å². The second kappa shape index (κ2) is 12.2. The molecule has 1 aromatic carbocycles. The van der Waals surface area contributed by atoms with Crippen LogP contribution < -0.4 is 25.2 Å². The molecule has 0 radical (unpaired) electrons. The Bertz CT molecular complexity index is 1180. The molecule has 2 amide bonds. The molecular formula is C29H40N6O4. The van der Waals surface area contributed by atoms with Gasteiger partial charge in [-0.3, -0.25) is 9.59 Å². The van der Waals surface area contributed by atoms with Crippen LogP contribution in [-0.2, 0) is 9.53 Å². The highest BCUT2D eigenvalue weighted by atomic mass is 16.5. The van der Waals surface area contributed by atoms with Crippen molar-refractivity contribution in [1.82, 2.24) is 15.3 Å². The summed E-state index contributed by atoms with van der Waals surface area (Å²) in [5.74, 6) is 1.71. The van der Waals surface area contributed by atoms with Crippen molar-refractivity contribution in [1.29, 1.82) is 0 Å². The van der Waals surface area contributed by atoms with E-state index in [1.165, 1.54) is 0 Å². The molecule has 2 heterocycles. The maximum atomic E-state index is 13.2. The highest BCUT2D eigenvalue weighted by Gasteiger charge is 2.41. The van der Waals surface area contributed by atoms with E-state index in [1.807, 2.05) is 6.07 Å². The van der Waals surface area contributed by atoms with Crippen molar-refractivity contribution in [3.8, 4) is 5.75 Å². The van der Waals surface area contributed by atoms with E-state index in [0.29, 0.717) is 48.6 Å². The largest absolute Gasteiger partial charge is 0.489 e. The van der Waals surface area contributed by atoms with E-state index in [-0.39, 0.29) is 23.9 Å². The van der Waals surface area contributed by atoms with Crippen LogP contribution in [0, 0.1) is 0 Å². The number of amides is 2. The third kappa shape index (κ3) is 5.80. The van der Waals surface area contributed by atoms with E-state index in [9.17, 15) is 9.59 Å². The average molecular weight is 537 g/mol. The molecule has 3 aliphatic rings. The molecule has 1 atom stereocenters. The topological polar surface area (TPSA) is 109 Å². The van der Waals surface area contributed by atoms with Gasteiger partial charge in [-0.2, -0.15) is 4.98 Å². The maximum absolute atomic E-state index is 13.2. The van der Waals surface area contributed by atoms with E-state index in [2.05, 4.69) is 27.4 Å². The first kappa shape index (κ1) is 27.2. The van der Waals surface area contributed by atoms with Gasteiger partial charge in [0.25, 0.3) is 5.91 Å². The molecule has 0 saturated heterocycles. The average Bonchev–Trinajstić information content (AvgIpc) is 3.66. The molecule has 2 saturated carbocycles. The SMILES string of the molecule is CC[C@@H]1C(=O)N(C)c2cnc(Nc3ccc(C(=O)NC4CCCC4)cc3OCCOC)nc2N1C1CCCC1. The Morgan fingerprint density at radius 3 is 2.56 bits per heavy atom. The lowest BCUT2D eigenvalue weighted by molar-refractivity contribution is -0.120. The highest BCUT2D eigenvalue weighted by molar-refractivity contribution is 6.04. The van der Waals surface area contributed by atoms with Gasteiger partial charge in [0.15, 0.2) is 5.82 Å². The van der Waals surface area contributed by atoms with Gasteiger partial charge in [0, 0.05) is 31.8 Å². The van der Waals surface area contributed by atoms with Gasteiger partial charge in [0.2, 0.25) is 11.9 Å². The lowest BCUT2D eigenvalue weighted by Gasteiger charge is -2.43. The Labute approximate surface area is 230 Å². The number of methoxy groups -OCH3 is 1. The summed E-state index contributed by atoms with van der Waals surface area (Å²) in [7, 11) is 3.42. The van der Waals surface area contributed by atoms with Gasteiger partial charge in [-0.25, -0.2) is 4.98 Å². The standard InChI is InChI=1S/C29H40N6O4/c1-4-23-28(37)34(2)24-18-30-29(33-26(24)35(23)21-11-7-8-12-21)32-22-14-13-19(17-25(22)39-16-15-38-3)27(36)31-20-9-5-6-10-20/h13-14,17-18,20-21,23H,4-12,15-16H2,1-3H3,(H,31,36)(H,30,32,33)/t23-/m1/s1. The van der Waals surface area contributed by atoms with Gasteiger partial charge in [0.05, 0.1) is 18.5 Å². The van der Waals surface area contributed by atoms with Gasteiger partial charge in [-0.1, -0.05) is 32.6 Å². The van der Waals surface area contributed by atoms with Crippen LogP contribution in [0.3, 0.4) is 0 Å². The number of ether oxygens (including phenoxy) is 2. The number of hydrogen-bond donors (Lipinski definition) is 2. The predicted molar refractivity (Wildman–Crippen MR) is 151 cm³/mol. The summed E-state index contributed by atoms with van der Waals surface area (Å²) < 4.78 is 11.2. The first-order valence-corrected chi connectivity index (χ1v) is 14.3. The number of nitrogens with one attached hydrogen (secondary N) is 2. The minimum atomic E-state index is -0.237. The zero-order chi connectivity index (χ0) is 27.4. The van der Waals surface area contributed by atoms with Crippen LogP contribution in [0.1, 0.15) is 75.1 Å². The minimum absolute atomic E-state index is 0.0847. The van der Waals surface area contributed by atoms with Crippen molar-refractivity contribution < 1.29 is 19.1 Å². The van der Waals surface area contributed by atoms with Gasteiger partial charge in [-0.05, 0) is 50.3 Å². The predicted octanol–water partition coefficient (Wildman–Crippen LogP) is 4.42. The molecular weight excluding hydrogens is 496 g/mol. The van der Waals surface area contributed by atoms with E-state index < -0.39 is 0 Å². The van der Waals surface area contributed by atoms with Gasteiger partial charge < -0.3 is 29.9 Å². The molecule has 1 aromatic heterocycles. The molecule has 10 nitrogen and oxygen atoms in total. The summed E-state index contributed by atoms with van der Waals surface area (Å²) in [5.41, 5.74) is 1.92. The Balaban J connectivity index is 1.43. The molecule has 2 aliphatic carbocycles. The number of hydrogen-bond acceptors (Lipinski definition) is 8. The summed E-state index contributed by atoms with van der Waals surface area (Å²) in [6, 6.07) is 5.66. The zero-order valence-corrected chi connectivity index (χ0v) is 23.2. The minimum Gasteiger partial charge on any atom is -0.489 e. The summed E-state index contributed by atoms with van der Waals surface area (Å²) in [4.78, 5) is 39.5. The number of aromatic nitrogens is 2. The lowest BCUT2D eigenvalue weighted by atomic mass is 10.0. The van der Waals surface area contributed by atoms with Crippen LogP contribution in [0.15, 0.2) is 24.4 Å². The molecule has 1 aliphatic heterocycles. The van der Waals surface area contributed by atoms with Crippen molar-refractivity contribution in [3.63, 3.8) is 0 Å². The van der Waals surface area contributed by atoms with E-state index in [1.54, 1.807) is 37.4 Å². The number of carbonyl (C=O) groups excluding carboxylic acids is 2. The molecule has 210 valence electrons. The first-order valence-electron chi connectivity index (χ1n) is 14.3. The molecule has 5 rings (SSSR count). The third-order valence-electron chi connectivity index (χ3n) is 8.14. The molecule has 39 heavy (non-hydrogen) atoms. The van der Waals surface area contributed by atoms with Crippen LogP contribution >= 0.6 is 0 Å². The lowest BCUT2D eigenvalue weighted by Crippen LogP contribution is -2.55. The Kier molecular flexibility index (Phi) is 8.50. The van der Waals surface area contributed by atoms with Crippen LogP contribution in [0.2, 0.25) is 0 Å². The fraction of sp³-hybridized carbons (Fsp3) is 0.586. The Morgan fingerprint density at radius 2 is 1.85 bits per heavy atom. The number of rotatable bonds is 10. The Hall–Kier alpha value is -3.40. The van der Waals surface area contributed by atoms with E-state index in [0.717, 1.165) is 62.9 Å². The van der Waals surface area contributed by atoms with Crippen LogP contribution in [-0.4, -0.2) is 67.3 Å². The van der Waals surface area contributed by atoms with Gasteiger partial charge in [-0.15, -0.1) is 0 Å². The van der Waals surface area contributed by atoms with Crippen LogP contribution in [0.4, 0.5) is 23.1 Å². The van der Waals surface area contributed by atoms with Crippen LogP contribution in [0.5, 0.6) is 5.75 Å². The molecule has 0 unspecified atom stereocenters. The quantitative estimate of drug-likeness (QED) is 0.430. The van der Waals surface area contributed by atoms with Crippen molar-refractivity contribution in [2.24, 2.45) is 0 Å². The van der Waals surface area contributed by atoms with Gasteiger partial charge >= 0.3 is 0 Å². The smallest absolute Gasteiger partial charge is 0.251 e. The summed E-state index contributed by atoms with van der Waals surface area (Å²) >= 11 is 0. The molecule has 0 bridgehead atoms. The second-order valence-electron chi connectivity index (χ2n) is 10.7. The number of fused-ring (bicyclic) bond motifs is 1. The fourth-order valence-electron chi connectivity index (χ4n) is 6.02. The molecule has 10 heteroatoms. The number of benzene rings is 1.